The summed E-state index contributed by atoms with van der Waals surface area (Å²) in [7, 11) is 0. The number of carbonyl (C=O) groups is 1. The molecule has 0 aliphatic carbocycles. The standard InChI is InChI=1S/C17H20N4OS/c1-10-16(23-13(4)19-10)11(2)20-17(22)12(3)21-9-18-14-7-5-6-8-15(14)21/h5-9,11-12H,1-4H3,(H,20,22). The van der Waals surface area contributed by atoms with Gasteiger partial charge in [0.2, 0.25) is 5.91 Å². The van der Waals surface area contributed by atoms with Gasteiger partial charge in [0.05, 0.1) is 34.1 Å². The summed E-state index contributed by atoms with van der Waals surface area (Å²) >= 11 is 1.63. The van der Waals surface area contributed by atoms with Crippen LogP contribution in [0.1, 0.15) is 41.5 Å². The SMILES string of the molecule is Cc1nc(C)c(C(C)NC(=O)C(C)n2cnc3ccccc32)s1. The molecule has 0 fully saturated rings. The van der Waals surface area contributed by atoms with E-state index in [2.05, 4.69) is 15.3 Å². The molecule has 120 valence electrons. The van der Waals surface area contributed by atoms with E-state index in [0.717, 1.165) is 26.6 Å². The summed E-state index contributed by atoms with van der Waals surface area (Å²) in [5, 5.41) is 4.11. The molecule has 23 heavy (non-hydrogen) atoms. The van der Waals surface area contributed by atoms with Crippen LogP contribution in [0.4, 0.5) is 0 Å². The highest BCUT2D eigenvalue weighted by Crippen LogP contribution is 2.25. The highest BCUT2D eigenvalue weighted by molar-refractivity contribution is 7.11. The van der Waals surface area contributed by atoms with Gasteiger partial charge in [-0.2, -0.15) is 0 Å². The first kappa shape index (κ1) is 15.7. The van der Waals surface area contributed by atoms with E-state index in [9.17, 15) is 4.79 Å². The van der Waals surface area contributed by atoms with Gasteiger partial charge < -0.3 is 9.88 Å². The summed E-state index contributed by atoms with van der Waals surface area (Å²) in [6.07, 6.45) is 1.72. The summed E-state index contributed by atoms with van der Waals surface area (Å²) in [6.45, 7) is 7.85. The van der Waals surface area contributed by atoms with Crippen LogP contribution in [0.15, 0.2) is 30.6 Å². The predicted octanol–water partition coefficient (Wildman–Crippen LogP) is 3.55. The Morgan fingerprint density at radius 2 is 2.00 bits per heavy atom. The minimum Gasteiger partial charge on any atom is -0.347 e. The van der Waals surface area contributed by atoms with Gasteiger partial charge in [-0.15, -0.1) is 11.3 Å². The van der Waals surface area contributed by atoms with Crippen molar-refractivity contribution in [3.8, 4) is 0 Å². The van der Waals surface area contributed by atoms with E-state index in [0.29, 0.717) is 0 Å². The van der Waals surface area contributed by atoms with Crippen molar-refractivity contribution < 1.29 is 4.79 Å². The van der Waals surface area contributed by atoms with Crippen LogP contribution in [0.2, 0.25) is 0 Å². The fourth-order valence-electron chi connectivity index (χ4n) is 2.76. The Kier molecular flexibility index (Phi) is 4.17. The zero-order valence-electron chi connectivity index (χ0n) is 13.7. The lowest BCUT2D eigenvalue weighted by atomic mass is 10.2. The topological polar surface area (TPSA) is 59.8 Å². The van der Waals surface area contributed by atoms with Crippen LogP contribution in [0.5, 0.6) is 0 Å². The van der Waals surface area contributed by atoms with Gasteiger partial charge in [0, 0.05) is 4.88 Å². The number of hydrogen-bond acceptors (Lipinski definition) is 4. The molecule has 2 heterocycles. The third-order valence-corrected chi connectivity index (χ3v) is 5.22. The highest BCUT2D eigenvalue weighted by atomic mass is 32.1. The van der Waals surface area contributed by atoms with Crippen molar-refractivity contribution in [3.05, 3.63) is 46.2 Å². The van der Waals surface area contributed by atoms with Gasteiger partial charge in [-0.3, -0.25) is 4.79 Å². The van der Waals surface area contributed by atoms with E-state index in [-0.39, 0.29) is 18.0 Å². The Morgan fingerprint density at radius 3 is 2.70 bits per heavy atom. The molecule has 6 heteroatoms. The Hall–Kier alpha value is -2.21. The van der Waals surface area contributed by atoms with Crippen molar-refractivity contribution in [3.63, 3.8) is 0 Å². The van der Waals surface area contributed by atoms with Crippen molar-refractivity contribution in [2.75, 3.05) is 0 Å². The van der Waals surface area contributed by atoms with E-state index in [1.54, 1.807) is 17.7 Å². The minimum atomic E-state index is -0.320. The molecule has 1 N–H and O–H groups in total. The summed E-state index contributed by atoms with van der Waals surface area (Å²) in [6, 6.07) is 7.46. The number of carbonyl (C=O) groups excluding carboxylic acids is 1. The average Bonchev–Trinajstić information content (AvgIpc) is 3.09. The van der Waals surface area contributed by atoms with Crippen molar-refractivity contribution in [2.45, 2.75) is 39.8 Å². The first-order valence-corrected chi connectivity index (χ1v) is 8.45. The van der Waals surface area contributed by atoms with E-state index >= 15 is 0 Å². The smallest absolute Gasteiger partial charge is 0.243 e. The molecule has 0 radical (unpaired) electrons. The maximum atomic E-state index is 12.6. The quantitative estimate of drug-likeness (QED) is 0.797. The maximum Gasteiger partial charge on any atom is 0.243 e. The Bertz CT molecular complexity index is 851. The fraction of sp³-hybridized carbons (Fsp3) is 0.353. The predicted molar refractivity (Wildman–Crippen MR) is 92.6 cm³/mol. The van der Waals surface area contributed by atoms with Crippen molar-refractivity contribution in [1.82, 2.24) is 19.9 Å². The second kappa shape index (κ2) is 6.12. The van der Waals surface area contributed by atoms with E-state index < -0.39 is 0 Å². The summed E-state index contributed by atoms with van der Waals surface area (Å²) in [5.41, 5.74) is 2.85. The molecule has 0 spiro atoms. The number of rotatable bonds is 4. The normalized spacial score (nSPS) is 13.9. The molecule has 3 aromatic rings. The zero-order chi connectivity index (χ0) is 16.6. The van der Waals surface area contributed by atoms with Gasteiger partial charge in [0.1, 0.15) is 6.04 Å². The van der Waals surface area contributed by atoms with E-state index in [4.69, 9.17) is 0 Å². The van der Waals surface area contributed by atoms with Gasteiger partial charge in [0.25, 0.3) is 0 Å². The molecule has 1 amide bonds. The molecule has 0 saturated carbocycles. The first-order chi connectivity index (χ1) is 11.0. The molecule has 0 bridgehead atoms. The highest BCUT2D eigenvalue weighted by Gasteiger charge is 2.21. The molecule has 2 unspecified atom stereocenters. The molecule has 2 aromatic heterocycles. The Balaban J connectivity index is 1.79. The van der Waals surface area contributed by atoms with Crippen LogP contribution in [-0.4, -0.2) is 20.4 Å². The lowest BCUT2D eigenvalue weighted by Crippen LogP contribution is -2.32. The number of aryl methyl sites for hydroxylation is 2. The average molecular weight is 328 g/mol. The zero-order valence-corrected chi connectivity index (χ0v) is 14.5. The lowest BCUT2D eigenvalue weighted by molar-refractivity contribution is -0.124. The molecule has 3 rings (SSSR count). The third kappa shape index (κ3) is 2.99. The second-order valence-corrected chi connectivity index (χ2v) is 6.96. The maximum absolute atomic E-state index is 12.6. The van der Waals surface area contributed by atoms with Gasteiger partial charge >= 0.3 is 0 Å². The fourth-order valence-corrected chi connectivity index (χ4v) is 3.69. The molecule has 0 aliphatic rings. The van der Waals surface area contributed by atoms with Gasteiger partial charge in [-0.1, -0.05) is 12.1 Å². The summed E-state index contributed by atoms with van der Waals surface area (Å²) < 4.78 is 1.90. The monoisotopic (exact) mass is 328 g/mol. The number of benzene rings is 1. The molecule has 0 saturated heterocycles. The number of amides is 1. The van der Waals surface area contributed by atoms with Crippen LogP contribution in [0.3, 0.4) is 0 Å². The van der Waals surface area contributed by atoms with Crippen LogP contribution < -0.4 is 5.32 Å². The molecule has 0 aliphatic heterocycles. The van der Waals surface area contributed by atoms with Crippen LogP contribution in [-0.2, 0) is 4.79 Å². The largest absolute Gasteiger partial charge is 0.347 e. The number of nitrogens with zero attached hydrogens (tertiary/aromatic N) is 3. The Labute approximate surface area is 139 Å². The number of para-hydroxylation sites is 2. The van der Waals surface area contributed by atoms with Crippen LogP contribution >= 0.6 is 11.3 Å². The number of nitrogens with one attached hydrogen (secondary N) is 1. The number of thiazole rings is 1. The number of aromatic nitrogens is 3. The Morgan fingerprint density at radius 1 is 1.26 bits per heavy atom. The van der Waals surface area contributed by atoms with Gasteiger partial charge in [0.15, 0.2) is 0 Å². The summed E-state index contributed by atoms with van der Waals surface area (Å²) in [5.74, 6) is -0.0221. The van der Waals surface area contributed by atoms with Gasteiger partial charge in [-0.05, 0) is 39.8 Å². The molecule has 5 nitrogen and oxygen atoms in total. The third-order valence-electron chi connectivity index (χ3n) is 3.97. The van der Waals surface area contributed by atoms with Crippen LogP contribution in [0.25, 0.3) is 11.0 Å². The molecule has 1 aromatic carbocycles. The lowest BCUT2D eigenvalue weighted by Gasteiger charge is -2.18. The van der Waals surface area contributed by atoms with E-state index in [1.165, 1.54) is 0 Å². The van der Waals surface area contributed by atoms with Crippen molar-refractivity contribution in [2.24, 2.45) is 0 Å². The van der Waals surface area contributed by atoms with Crippen molar-refractivity contribution in [1.29, 1.82) is 0 Å². The van der Waals surface area contributed by atoms with Crippen molar-refractivity contribution >= 4 is 28.3 Å². The summed E-state index contributed by atoms with van der Waals surface area (Å²) in [4.78, 5) is 22.5. The van der Waals surface area contributed by atoms with Crippen LogP contribution in [0, 0.1) is 13.8 Å². The van der Waals surface area contributed by atoms with Gasteiger partial charge in [-0.25, -0.2) is 9.97 Å². The van der Waals surface area contributed by atoms with E-state index in [1.807, 2.05) is 56.5 Å². The molecular formula is C17H20N4OS. The molecular weight excluding hydrogens is 308 g/mol. The number of hydrogen-bond donors (Lipinski definition) is 1. The minimum absolute atomic E-state index is 0.0221. The second-order valence-electron chi connectivity index (χ2n) is 5.73. The first-order valence-electron chi connectivity index (χ1n) is 7.63. The number of imidazole rings is 1. The molecule has 2 atom stereocenters. The number of fused-ring (bicyclic) bond motifs is 1.